The number of carbonyl (C=O) groups is 1. The summed E-state index contributed by atoms with van der Waals surface area (Å²) in [5.74, 6) is 1.04. The Morgan fingerprint density at radius 2 is 1.57 bits per heavy atom. The lowest BCUT2D eigenvalue weighted by atomic mass is 9.90. The molecule has 37 heavy (non-hydrogen) atoms. The topological polar surface area (TPSA) is 66.9 Å². The largest absolute Gasteiger partial charge is 0.494 e. The molecule has 0 saturated carbocycles. The van der Waals surface area contributed by atoms with E-state index in [1.54, 1.807) is 18.2 Å². The molecule has 4 rings (SSSR count). The molecule has 0 aliphatic carbocycles. The van der Waals surface area contributed by atoms with Gasteiger partial charge in [0.1, 0.15) is 5.75 Å². The molecule has 1 heterocycles. The third-order valence-electron chi connectivity index (χ3n) is 6.93. The van der Waals surface area contributed by atoms with Crippen LogP contribution in [0.5, 0.6) is 5.75 Å². The second kappa shape index (κ2) is 12.4. The van der Waals surface area contributed by atoms with Gasteiger partial charge in [-0.1, -0.05) is 60.7 Å². The molecule has 3 aromatic rings. The first-order chi connectivity index (χ1) is 17.9. The van der Waals surface area contributed by atoms with Crippen LogP contribution in [0.2, 0.25) is 0 Å². The number of sulfonamides is 1. The standard InChI is InChI=1S/C30H36N2O4S/c1-3-36-29-15-14-28(20-24(29)2)37(34,35)32(22-27-12-8-5-9-13-27)23-30(33)31-18-16-26(17-19-31)21-25-10-6-4-7-11-25/h4-15,20,26H,3,16-19,21-23H2,1-2H3. The first-order valence-electron chi connectivity index (χ1n) is 13.0. The zero-order valence-electron chi connectivity index (χ0n) is 21.7. The lowest BCUT2D eigenvalue weighted by molar-refractivity contribution is -0.132. The molecule has 1 aliphatic heterocycles. The van der Waals surface area contributed by atoms with Crippen LogP contribution >= 0.6 is 0 Å². The predicted molar refractivity (Wildman–Crippen MR) is 146 cm³/mol. The summed E-state index contributed by atoms with van der Waals surface area (Å²) in [6, 6.07) is 24.7. The number of ether oxygens (including phenoxy) is 1. The van der Waals surface area contributed by atoms with Crippen LogP contribution < -0.4 is 4.74 Å². The van der Waals surface area contributed by atoms with E-state index in [2.05, 4.69) is 24.3 Å². The Bertz CT molecular complexity index is 1270. The minimum absolute atomic E-state index is 0.131. The molecule has 6 nitrogen and oxygen atoms in total. The summed E-state index contributed by atoms with van der Waals surface area (Å²) >= 11 is 0. The highest BCUT2D eigenvalue weighted by Crippen LogP contribution is 2.26. The van der Waals surface area contributed by atoms with Crippen molar-refractivity contribution >= 4 is 15.9 Å². The Hall–Kier alpha value is -3.16. The van der Waals surface area contributed by atoms with Crippen molar-refractivity contribution in [2.45, 2.75) is 44.6 Å². The third kappa shape index (κ3) is 6.99. The van der Waals surface area contributed by atoms with Crippen LogP contribution in [0.25, 0.3) is 0 Å². The van der Waals surface area contributed by atoms with E-state index in [0.717, 1.165) is 30.4 Å². The second-order valence-electron chi connectivity index (χ2n) is 9.63. The van der Waals surface area contributed by atoms with Gasteiger partial charge in [-0.15, -0.1) is 0 Å². The maximum Gasteiger partial charge on any atom is 0.243 e. The minimum Gasteiger partial charge on any atom is -0.494 e. The number of benzene rings is 3. The number of nitrogens with zero attached hydrogens (tertiary/aromatic N) is 2. The van der Waals surface area contributed by atoms with Gasteiger partial charge in [0, 0.05) is 19.6 Å². The molecule has 1 aliphatic rings. The van der Waals surface area contributed by atoms with E-state index in [1.165, 1.54) is 9.87 Å². The average molecular weight is 521 g/mol. The summed E-state index contributed by atoms with van der Waals surface area (Å²) < 4.78 is 34.4. The van der Waals surface area contributed by atoms with E-state index >= 15 is 0 Å². The molecule has 196 valence electrons. The van der Waals surface area contributed by atoms with Gasteiger partial charge < -0.3 is 9.64 Å². The van der Waals surface area contributed by atoms with Crippen molar-refractivity contribution in [2.75, 3.05) is 26.2 Å². The Kier molecular flexibility index (Phi) is 9.00. The molecular weight excluding hydrogens is 484 g/mol. The SMILES string of the molecule is CCOc1ccc(S(=O)(=O)N(CC(=O)N2CCC(Cc3ccccc3)CC2)Cc2ccccc2)cc1C. The third-order valence-corrected chi connectivity index (χ3v) is 8.72. The summed E-state index contributed by atoms with van der Waals surface area (Å²) in [7, 11) is -3.91. The molecule has 1 fully saturated rings. The smallest absolute Gasteiger partial charge is 0.243 e. The van der Waals surface area contributed by atoms with Crippen LogP contribution in [0.15, 0.2) is 83.8 Å². The van der Waals surface area contributed by atoms with Crippen molar-refractivity contribution in [3.8, 4) is 5.75 Å². The summed E-state index contributed by atoms with van der Waals surface area (Å²) in [4.78, 5) is 15.3. The summed E-state index contributed by atoms with van der Waals surface area (Å²) in [6.45, 7) is 5.47. The molecule has 0 bridgehead atoms. The number of hydrogen-bond donors (Lipinski definition) is 0. The molecule has 0 atom stereocenters. The molecule has 0 aromatic heterocycles. The van der Waals surface area contributed by atoms with Crippen LogP contribution in [0.1, 0.15) is 36.5 Å². The van der Waals surface area contributed by atoms with Crippen molar-refractivity contribution < 1.29 is 17.9 Å². The van der Waals surface area contributed by atoms with Crippen LogP contribution in [-0.4, -0.2) is 49.8 Å². The highest BCUT2D eigenvalue weighted by Gasteiger charge is 2.31. The zero-order chi connectivity index (χ0) is 26.3. The van der Waals surface area contributed by atoms with E-state index in [-0.39, 0.29) is 23.9 Å². The number of likely N-dealkylation sites (tertiary alicyclic amines) is 1. The molecule has 0 unspecified atom stereocenters. The first kappa shape index (κ1) is 26.9. The zero-order valence-corrected chi connectivity index (χ0v) is 22.5. The quantitative estimate of drug-likeness (QED) is 0.375. The van der Waals surface area contributed by atoms with Crippen molar-refractivity contribution in [2.24, 2.45) is 5.92 Å². The molecule has 3 aromatic carbocycles. The van der Waals surface area contributed by atoms with E-state index in [9.17, 15) is 13.2 Å². The first-order valence-corrected chi connectivity index (χ1v) is 14.4. The van der Waals surface area contributed by atoms with Gasteiger partial charge in [0.2, 0.25) is 15.9 Å². The van der Waals surface area contributed by atoms with E-state index in [1.807, 2.05) is 55.1 Å². The number of aryl methyl sites for hydroxylation is 1. The Morgan fingerprint density at radius 3 is 2.16 bits per heavy atom. The fourth-order valence-corrected chi connectivity index (χ4v) is 6.31. The minimum atomic E-state index is -3.91. The van der Waals surface area contributed by atoms with Gasteiger partial charge in [0.15, 0.2) is 0 Å². The van der Waals surface area contributed by atoms with E-state index in [0.29, 0.717) is 31.4 Å². The van der Waals surface area contributed by atoms with Gasteiger partial charge >= 0.3 is 0 Å². The van der Waals surface area contributed by atoms with Gasteiger partial charge in [-0.05, 0) is 73.9 Å². The van der Waals surface area contributed by atoms with Crippen molar-refractivity contribution in [3.63, 3.8) is 0 Å². The van der Waals surface area contributed by atoms with Gasteiger partial charge in [-0.3, -0.25) is 4.79 Å². The average Bonchev–Trinajstić information content (AvgIpc) is 2.91. The van der Waals surface area contributed by atoms with E-state index < -0.39 is 10.0 Å². The lowest BCUT2D eigenvalue weighted by Gasteiger charge is -2.33. The number of carbonyl (C=O) groups excluding carboxylic acids is 1. The number of rotatable bonds is 10. The monoisotopic (exact) mass is 520 g/mol. The maximum atomic E-state index is 13.7. The fraction of sp³-hybridized carbons (Fsp3) is 0.367. The Morgan fingerprint density at radius 1 is 0.946 bits per heavy atom. The van der Waals surface area contributed by atoms with Gasteiger partial charge in [0.05, 0.1) is 18.0 Å². The number of piperidine rings is 1. The van der Waals surface area contributed by atoms with Gasteiger partial charge in [0.25, 0.3) is 0 Å². The maximum absolute atomic E-state index is 13.7. The number of hydrogen-bond acceptors (Lipinski definition) is 4. The Labute approximate surface area is 220 Å². The van der Waals surface area contributed by atoms with Crippen LogP contribution in [0.4, 0.5) is 0 Å². The molecule has 0 N–H and O–H groups in total. The van der Waals surface area contributed by atoms with E-state index in [4.69, 9.17) is 4.74 Å². The molecule has 1 saturated heterocycles. The molecule has 7 heteroatoms. The van der Waals surface area contributed by atoms with Crippen molar-refractivity contribution in [1.29, 1.82) is 0 Å². The molecular formula is C30H36N2O4S. The second-order valence-corrected chi connectivity index (χ2v) is 11.6. The molecule has 0 spiro atoms. The van der Waals surface area contributed by atoms with Crippen molar-refractivity contribution in [3.05, 3.63) is 95.6 Å². The summed E-state index contributed by atoms with van der Waals surface area (Å²) in [5.41, 5.74) is 2.90. The lowest BCUT2D eigenvalue weighted by Crippen LogP contribution is -2.45. The van der Waals surface area contributed by atoms with Crippen LogP contribution in [0, 0.1) is 12.8 Å². The molecule has 0 radical (unpaired) electrons. The van der Waals surface area contributed by atoms with Crippen LogP contribution in [0.3, 0.4) is 0 Å². The predicted octanol–water partition coefficient (Wildman–Crippen LogP) is 5.07. The van der Waals surface area contributed by atoms with Crippen molar-refractivity contribution in [1.82, 2.24) is 9.21 Å². The highest BCUT2D eigenvalue weighted by atomic mass is 32.2. The summed E-state index contributed by atoms with van der Waals surface area (Å²) in [5, 5.41) is 0. The fourth-order valence-electron chi connectivity index (χ4n) is 4.85. The summed E-state index contributed by atoms with van der Waals surface area (Å²) in [6.07, 6.45) is 2.85. The van der Waals surface area contributed by atoms with Gasteiger partial charge in [-0.2, -0.15) is 4.31 Å². The normalized spacial score (nSPS) is 14.6. The molecule has 1 amide bonds. The Balaban J connectivity index is 1.48. The number of amides is 1. The van der Waals surface area contributed by atoms with Gasteiger partial charge in [-0.25, -0.2) is 8.42 Å². The highest BCUT2D eigenvalue weighted by molar-refractivity contribution is 7.89. The van der Waals surface area contributed by atoms with Crippen LogP contribution in [-0.2, 0) is 27.8 Å².